The van der Waals surface area contributed by atoms with Crippen molar-refractivity contribution in [3.63, 3.8) is 0 Å². The van der Waals surface area contributed by atoms with Gasteiger partial charge in [0.25, 0.3) is 0 Å². The first kappa shape index (κ1) is 18.3. The minimum Gasteiger partial charge on any atom is -0.482 e. The second-order valence-electron chi connectivity index (χ2n) is 5.87. The highest BCUT2D eigenvalue weighted by Gasteiger charge is 2.36. The Morgan fingerprint density at radius 2 is 1.92 bits per heavy atom. The van der Waals surface area contributed by atoms with Crippen LogP contribution in [0.5, 0.6) is 5.75 Å². The maximum Gasteiger partial charge on any atom is 0.341 e. The fourth-order valence-electron chi connectivity index (χ4n) is 2.67. The van der Waals surface area contributed by atoms with E-state index in [9.17, 15) is 18.0 Å². The zero-order valence-electron chi connectivity index (χ0n) is 13.5. The van der Waals surface area contributed by atoms with E-state index in [2.05, 4.69) is 0 Å². The molecule has 1 saturated heterocycles. The molecule has 1 aliphatic rings. The SMILES string of the molecule is CN(Cc1ccc(OCC(=O)O)cc1)C(=O)C1CCCCS1(=O)=O. The summed E-state index contributed by atoms with van der Waals surface area (Å²) in [5.41, 5.74) is 0.807. The lowest BCUT2D eigenvalue weighted by Crippen LogP contribution is -2.43. The first-order chi connectivity index (χ1) is 11.3. The van der Waals surface area contributed by atoms with E-state index in [1.807, 2.05) is 0 Å². The van der Waals surface area contributed by atoms with Gasteiger partial charge in [0.15, 0.2) is 16.4 Å². The van der Waals surface area contributed by atoms with E-state index >= 15 is 0 Å². The summed E-state index contributed by atoms with van der Waals surface area (Å²) in [5, 5.41) is 7.62. The van der Waals surface area contributed by atoms with Crippen LogP contribution < -0.4 is 4.74 Å². The van der Waals surface area contributed by atoms with Crippen molar-refractivity contribution in [2.24, 2.45) is 0 Å². The number of amides is 1. The van der Waals surface area contributed by atoms with Gasteiger partial charge in [-0.1, -0.05) is 18.6 Å². The van der Waals surface area contributed by atoms with E-state index in [0.29, 0.717) is 18.6 Å². The van der Waals surface area contributed by atoms with Crippen molar-refractivity contribution >= 4 is 21.7 Å². The molecule has 0 bridgehead atoms. The molecule has 1 N–H and O–H groups in total. The van der Waals surface area contributed by atoms with Crippen LogP contribution in [0, 0.1) is 0 Å². The summed E-state index contributed by atoms with van der Waals surface area (Å²) >= 11 is 0. The lowest BCUT2D eigenvalue weighted by molar-refractivity contribution is -0.139. The molecule has 7 nitrogen and oxygen atoms in total. The lowest BCUT2D eigenvalue weighted by atomic mass is 10.1. The Kier molecular flexibility index (Phi) is 5.82. The molecule has 1 fully saturated rings. The molecule has 1 amide bonds. The Hall–Kier alpha value is -2.09. The molecular weight excluding hydrogens is 334 g/mol. The highest BCUT2D eigenvalue weighted by atomic mass is 32.2. The zero-order chi connectivity index (χ0) is 17.7. The molecule has 132 valence electrons. The van der Waals surface area contributed by atoms with Crippen LogP contribution in [-0.4, -0.2) is 55.0 Å². The van der Waals surface area contributed by atoms with E-state index in [0.717, 1.165) is 12.0 Å². The molecule has 8 heteroatoms. The van der Waals surface area contributed by atoms with Gasteiger partial charge in [-0.15, -0.1) is 0 Å². The maximum absolute atomic E-state index is 12.4. The van der Waals surface area contributed by atoms with Crippen molar-refractivity contribution in [2.45, 2.75) is 31.1 Å². The topological polar surface area (TPSA) is 101 Å². The summed E-state index contributed by atoms with van der Waals surface area (Å²) in [5.74, 6) is -0.934. The first-order valence-corrected chi connectivity index (χ1v) is 9.41. The van der Waals surface area contributed by atoms with Gasteiger partial charge in [0.2, 0.25) is 5.91 Å². The Morgan fingerprint density at radius 1 is 1.25 bits per heavy atom. The van der Waals surface area contributed by atoms with Crippen LogP contribution in [0.15, 0.2) is 24.3 Å². The quantitative estimate of drug-likeness (QED) is 0.819. The van der Waals surface area contributed by atoms with E-state index < -0.39 is 27.7 Å². The molecule has 0 aromatic heterocycles. The fraction of sp³-hybridized carbons (Fsp3) is 0.500. The number of carbonyl (C=O) groups excluding carboxylic acids is 1. The van der Waals surface area contributed by atoms with Crippen molar-refractivity contribution < 1.29 is 27.9 Å². The fourth-order valence-corrected chi connectivity index (χ4v) is 4.57. The third-order valence-corrected chi connectivity index (χ3v) is 6.10. The van der Waals surface area contributed by atoms with Gasteiger partial charge >= 0.3 is 5.97 Å². The second kappa shape index (κ2) is 7.65. The predicted molar refractivity (Wildman–Crippen MR) is 87.5 cm³/mol. The number of carboxylic acids is 1. The number of rotatable bonds is 6. The summed E-state index contributed by atoms with van der Waals surface area (Å²) in [6.45, 7) is -0.138. The van der Waals surface area contributed by atoms with Crippen LogP contribution in [0.3, 0.4) is 0 Å². The molecule has 24 heavy (non-hydrogen) atoms. The largest absolute Gasteiger partial charge is 0.482 e. The van der Waals surface area contributed by atoms with E-state index in [1.165, 1.54) is 4.90 Å². The van der Waals surface area contributed by atoms with E-state index in [-0.39, 0.29) is 18.2 Å². The number of nitrogens with zero attached hydrogens (tertiary/aromatic N) is 1. The molecule has 1 aliphatic heterocycles. The first-order valence-electron chi connectivity index (χ1n) is 7.69. The highest BCUT2D eigenvalue weighted by Crippen LogP contribution is 2.22. The van der Waals surface area contributed by atoms with Crippen molar-refractivity contribution in [3.8, 4) is 5.75 Å². The molecule has 1 aromatic rings. The molecular formula is C16H21NO6S. The number of ether oxygens (including phenoxy) is 1. The maximum atomic E-state index is 12.4. The van der Waals surface area contributed by atoms with Crippen molar-refractivity contribution in [3.05, 3.63) is 29.8 Å². The summed E-state index contributed by atoms with van der Waals surface area (Å²) < 4.78 is 29.1. The molecule has 1 unspecified atom stereocenters. The van der Waals surface area contributed by atoms with Gasteiger partial charge in [-0.05, 0) is 30.5 Å². The minimum absolute atomic E-state index is 0.0762. The Morgan fingerprint density at radius 3 is 2.50 bits per heavy atom. The molecule has 2 rings (SSSR count). The number of carboxylic acid groups (broad SMARTS) is 1. The number of sulfone groups is 1. The smallest absolute Gasteiger partial charge is 0.341 e. The summed E-state index contributed by atoms with van der Waals surface area (Å²) in [4.78, 5) is 24.3. The third kappa shape index (κ3) is 4.70. The number of carbonyl (C=O) groups is 2. The predicted octanol–water partition coefficient (Wildman–Crippen LogP) is 1.08. The zero-order valence-corrected chi connectivity index (χ0v) is 14.3. The summed E-state index contributed by atoms with van der Waals surface area (Å²) in [7, 11) is -1.76. The van der Waals surface area contributed by atoms with Gasteiger partial charge in [0.1, 0.15) is 11.0 Å². The van der Waals surface area contributed by atoms with Crippen molar-refractivity contribution in [1.82, 2.24) is 4.90 Å². The monoisotopic (exact) mass is 355 g/mol. The average molecular weight is 355 g/mol. The molecule has 1 aromatic carbocycles. The third-order valence-electron chi connectivity index (χ3n) is 3.94. The van der Waals surface area contributed by atoms with Crippen LogP contribution in [0.2, 0.25) is 0 Å². The standard InChI is InChI=1S/C16H21NO6S/c1-17(16(20)14-4-2-3-9-24(14,21)22)10-12-5-7-13(8-6-12)23-11-15(18)19/h5-8,14H,2-4,9-11H2,1H3,(H,18,19). The van der Waals surface area contributed by atoms with E-state index in [4.69, 9.17) is 9.84 Å². The van der Waals surface area contributed by atoms with Gasteiger partial charge in [0.05, 0.1) is 5.75 Å². The normalized spacial score (nSPS) is 19.5. The number of benzene rings is 1. The summed E-state index contributed by atoms with van der Waals surface area (Å²) in [6.07, 6.45) is 1.75. The molecule has 0 aliphatic carbocycles. The van der Waals surface area contributed by atoms with Crippen LogP contribution in [-0.2, 0) is 26.0 Å². The van der Waals surface area contributed by atoms with Crippen molar-refractivity contribution in [2.75, 3.05) is 19.4 Å². The molecule has 1 heterocycles. The number of aliphatic carboxylic acids is 1. The van der Waals surface area contributed by atoms with E-state index in [1.54, 1.807) is 31.3 Å². The highest BCUT2D eigenvalue weighted by molar-refractivity contribution is 7.92. The van der Waals surface area contributed by atoms with Crippen molar-refractivity contribution in [1.29, 1.82) is 0 Å². The Bertz CT molecular complexity index is 698. The van der Waals surface area contributed by atoms with Gasteiger partial charge in [-0.2, -0.15) is 0 Å². The van der Waals surface area contributed by atoms with Gasteiger partial charge in [-0.3, -0.25) is 4.79 Å². The molecule has 1 atom stereocenters. The number of hydrogen-bond acceptors (Lipinski definition) is 5. The van der Waals surface area contributed by atoms with Crippen LogP contribution in [0.4, 0.5) is 0 Å². The second-order valence-corrected chi connectivity index (χ2v) is 8.18. The number of hydrogen-bond donors (Lipinski definition) is 1. The summed E-state index contributed by atoms with van der Waals surface area (Å²) in [6, 6.07) is 6.68. The van der Waals surface area contributed by atoms with Gasteiger partial charge < -0.3 is 14.7 Å². The molecule has 0 saturated carbocycles. The molecule has 0 radical (unpaired) electrons. The Labute approximate surface area is 141 Å². The minimum atomic E-state index is -3.35. The van der Waals surface area contributed by atoms with Gasteiger partial charge in [0, 0.05) is 13.6 Å². The average Bonchev–Trinajstić information content (AvgIpc) is 2.53. The molecule has 0 spiro atoms. The van der Waals surface area contributed by atoms with Crippen LogP contribution >= 0.6 is 0 Å². The lowest BCUT2D eigenvalue weighted by Gasteiger charge is -2.26. The van der Waals surface area contributed by atoms with Crippen LogP contribution in [0.1, 0.15) is 24.8 Å². The van der Waals surface area contributed by atoms with Gasteiger partial charge in [-0.25, -0.2) is 13.2 Å². The Balaban J connectivity index is 1.97. The van der Waals surface area contributed by atoms with Crippen LogP contribution in [0.25, 0.3) is 0 Å².